The molecular weight excluding hydrogens is 444 g/mol. The minimum Gasteiger partial charge on any atom is -0.481 e. The van der Waals surface area contributed by atoms with Crippen LogP contribution in [-0.4, -0.2) is 51.7 Å². The summed E-state index contributed by atoms with van der Waals surface area (Å²) in [5.74, 6) is 0.897. The van der Waals surface area contributed by atoms with Crippen molar-refractivity contribution in [2.75, 3.05) is 26.0 Å². The standard InChI is InChI=1S/C26H28N6O3/c1-26(2,20-7-5-6-18-19(24(34)27-3)8-9-28-23(18)20)14-30-22-11-21(31-15-32-22)16-10-17(13-33)25(35-4)29-12-16/h5-12,15,33H,13-14H2,1-4H3,(H,27,34)(H,30,31,32). The van der Waals surface area contributed by atoms with Gasteiger partial charge >= 0.3 is 0 Å². The number of nitrogens with zero attached hydrogens (tertiary/aromatic N) is 4. The molecule has 0 spiro atoms. The Hall–Kier alpha value is -4.11. The molecule has 0 saturated carbocycles. The van der Waals surface area contributed by atoms with E-state index in [2.05, 4.69) is 44.4 Å². The normalized spacial score (nSPS) is 11.3. The van der Waals surface area contributed by atoms with Gasteiger partial charge in [-0.05, 0) is 17.7 Å². The van der Waals surface area contributed by atoms with Crippen LogP contribution in [0.25, 0.3) is 22.2 Å². The minimum absolute atomic E-state index is 0.142. The van der Waals surface area contributed by atoms with Crippen LogP contribution < -0.4 is 15.4 Å². The van der Waals surface area contributed by atoms with Gasteiger partial charge in [0.15, 0.2) is 0 Å². The highest BCUT2D eigenvalue weighted by Gasteiger charge is 2.25. The van der Waals surface area contributed by atoms with Gasteiger partial charge in [0.2, 0.25) is 5.88 Å². The zero-order valence-corrected chi connectivity index (χ0v) is 20.2. The number of rotatable bonds is 8. The van der Waals surface area contributed by atoms with E-state index in [-0.39, 0.29) is 17.9 Å². The van der Waals surface area contributed by atoms with Crippen molar-refractivity contribution in [3.05, 3.63) is 71.8 Å². The third-order valence-corrected chi connectivity index (χ3v) is 5.94. The summed E-state index contributed by atoms with van der Waals surface area (Å²) in [6.45, 7) is 4.62. The van der Waals surface area contributed by atoms with Crippen molar-refractivity contribution in [3.8, 4) is 17.1 Å². The zero-order valence-electron chi connectivity index (χ0n) is 20.2. The molecule has 1 amide bonds. The molecule has 35 heavy (non-hydrogen) atoms. The van der Waals surface area contributed by atoms with Gasteiger partial charge in [0, 0.05) is 54.0 Å². The summed E-state index contributed by atoms with van der Waals surface area (Å²) in [6, 6.07) is 11.3. The number of carbonyl (C=O) groups excluding carboxylic acids is 1. The largest absolute Gasteiger partial charge is 0.481 e. The van der Waals surface area contributed by atoms with E-state index in [1.54, 1.807) is 31.6 Å². The number of anilines is 1. The number of aliphatic hydroxyl groups is 1. The van der Waals surface area contributed by atoms with Gasteiger partial charge in [-0.1, -0.05) is 32.0 Å². The molecule has 9 heteroatoms. The summed E-state index contributed by atoms with van der Waals surface area (Å²) in [7, 11) is 3.13. The first-order valence-corrected chi connectivity index (χ1v) is 11.2. The maximum absolute atomic E-state index is 12.3. The molecule has 0 saturated heterocycles. The summed E-state index contributed by atoms with van der Waals surface area (Å²) >= 11 is 0. The second-order valence-corrected chi connectivity index (χ2v) is 8.72. The maximum atomic E-state index is 12.3. The lowest BCUT2D eigenvalue weighted by Crippen LogP contribution is -2.28. The number of methoxy groups -OCH3 is 1. The monoisotopic (exact) mass is 472 g/mol. The van der Waals surface area contributed by atoms with Crippen molar-refractivity contribution in [3.63, 3.8) is 0 Å². The van der Waals surface area contributed by atoms with Gasteiger partial charge in [0.25, 0.3) is 5.91 Å². The Balaban J connectivity index is 1.60. The molecule has 4 rings (SSSR count). The van der Waals surface area contributed by atoms with Crippen LogP contribution in [0.2, 0.25) is 0 Å². The first-order chi connectivity index (χ1) is 16.9. The minimum atomic E-state index is -0.329. The molecule has 0 unspecified atom stereocenters. The first-order valence-electron chi connectivity index (χ1n) is 11.2. The van der Waals surface area contributed by atoms with E-state index >= 15 is 0 Å². The molecule has 1 aromatic carbocycles. The number of para-hydroxylation sites is 1. The summed E-state index contributed by atoms with van der Waals surface area (Å²) in [5.41, 5.74) is 4.09. The number of carbonyl (C=O) groups is 1. The highest BCUT2D eigenvalue weighted by molar-refractivity contribution is 6.06. The molecule has 0 aliphatic heterocycles. The van der Waals surface area contributed by atoms with Gasteiger partial charge in [-0.25, -0.2) is 15.0 Å². The molecule has 0 atom stereocenters. The highest BCUT2D eigenvalue weighted by atomic mass is 16.5. The molecule has 0 aliphatic rings. The van der Waals surface area contributed by atoms with Gasteiger partial charge in [-0.2, -0.15) is 0 Å². The van der Waals surface area contributed by atoms with Crippen LogP contribution in [0.15, 0.2) is 55.1 Å². The number of pyridine rings is 2. The third-order valence-electron chi connectivity index (χ3n) is 5.94. The first kappa shape index (κ1) is 24.0. The second kappa shape index (κ2) is 10.0. The highest BCUT2D eigenvalue weighted by Crippen LogP contribution is 2.31. The number of amides is 1. The second-order valence-electron chi connectivity index (χ2n) is 8.72. The van der Waals surface area contributed by atoms with Crippen LogP contribution in [0.5, 0.6) is 5.88 Å². The molecule has 3 aromatic heterocycles. The van der Waals surface area contributed by atoms with Crippen molar-refractivity contribution < 1.29 is 14.6 Å². The van der Waals surface area contributed by atoms with Crippen molar-refractivity contribution in [2.24, 2.45) is 0 Å². The van der Waals surface area contributed by atoms with Crippen LogP contribution in [0, 0.1) is 0 Å². The van der Waals surface area contributed by atoms with E-state index in [0.717, 1.165) is 22.0 Å². The Kier molecular flexibility index (Phi) is 6.88. The van der Waals surface area contributed by atoms with E-state index in [1.165, 1.54) is 13.4 Å². The molecule has 3 N–H and O–H groups in total. The number of benzene rings is 1. The summed E-state index contributed by atoms with van der Waals surface area (Å²) in [6.07, 6.45) is 4.81. The number of hydrogen-bond acceptors (Lipinski definition) is 8. The molecule has 0 aliphatic carbocycles. The van der Waals surface area contributed by atoms with Crippen molar-refractivity contribution in [1.29, 1.82) is 0 Å². The van der Waals surface area contributed by atoms with Crippen LogP contribution >= 0.6 is 0 Å². The average Bonchev–Trinajstić information content (AvgIpc) is 2.90. The topological polar surface area (TPSA) is 122 Å². The molecule has 0 fully saturated rings. The molecule has 0 radical (unpaired) electrons. The Bertz CT molecular complexity index is 1370. The number of aromatic nitrogens is 4. The summed E-state index contributed by atoms with van der Waals surface area (Å²) in [4.78, 5) is 29.9. The van der Waals surface area contributed by atoms with Crippen LogP contribution in [0.4, 0.5) is 5.82 Å². The molecule has 180 valence electrons. The fraction of sp³-hybridized carbons (Fsp3) is 0.269. The Morgan fingerprint density at radius 3 is 2.69 bits per heavy atom. The summed E-state index contributed by atoms with van der Waals surface area (Å²) < 4.78 is 5.18. The number of hydrogen-bond donors (Lipinski definition) is 3. The molecule has 0 bridgehead atoms. The SMILES string of the molecule is CNC(=O)c1ccnc2c(C(C)(C)CNc3cc(-c4cnc(OC)c(CO)c4)ncn3)cccc12. The van der Waals surface area contributed by atoms with Gasteiger partial charge in [0.1, 0.15) is 12.1 Å². The van der Waals surface area contributed by atoms with Gasteiger partial charge in [0.05, 0.1) is 30.5 Å². The lowest BCUT2D eigenvalue weighted by Gasteiger charge is -2.27. The van der Waals surface area contributed by atoms with Gasteiger partial charge in [-0.15, -0.1) is 0 Å². The smallest absolute Gasteiger partial charge is 0.251 e. The van der Waals surface area contributed by atoms with Gasteiger partial charge < -0.3 is 20.5 Å². The quantitative estimate of drug-likeness (QED) is 0.357. The van der Waals surface area contributed by atoms with Crippen molar-refractivity contribution in [2.45, 2.75) is 25.9 Å². The maximum Gasteiger partial charge on any atom is 0.251 e. The van der Waals surface area contributed by atoms with E-state index < -0.39 is 0 Å². The number of fused-ring (bicyclic) bond motifs is 1. The lowest BCUT2D eigenvalue weighted by molar-refractivity contribution is 0.0964. The number of aliphatic hydroxyl groups excluding tert-OH is 1. The van der Waals surface area contributed by atoms with Crippen LogP contribution in [0.3, 0.4) is 0 Å². The van der Waals surface area contributed by atoms with Crippen LogP contribution in [-0.2, 0) is 12.0 Å². The molecule has 9 nitrogen and oxygen atoms in total. The number of nitrogens with one attached hydrogen (secondary N) is 2. The Morgan fingerprint density at radius 2 is 1.94 bits per heavy atom. The van der Waals surface area contributed by atoms with E-state index in [0.29, 0.717) is 35.1 Å². The predicted octanol–water partition coefficient (Wildman–Crippen LogP) is 3.34. The molecular formula is C26H28N6O3. The van der Waals surface area contributed by atoms with E-state index in [9.17, 15) is 9.90 Å². The Labute approximate surface area is 203 Å². The van der Waals surface area contributed by atoms with E-state index in [4.69, 9.17) is 4.74 Å². The lowest BCUT2D eigenvalue weighted by atomic mass is 9.82. The fourth-order valence-corrected chi connectivity index (χ4v) is 4.01. The fourth-order valence-electron chi connectivity index (χ4n) is 4.01. The zero-order chi connectivity index (χ0) is 25.0. The third kappa shape index (κ3) is 4.90. The van der Waals surface area contributed by atoms with Crippen molar-refractivity contribution >= 4 is 22.6 Å². The molecule has 4 aromatic rings. The van der Waals surface area contributed by atoms with Crippen LogP contribution in [0.1, 0.15) is 35.3 Å². The molecule has 3 heterocycles. The van der Waals surface area contributed by atoms with E-state index in [1.807, 2.05) is 24.3 Å². The predicted molar refractivity (Wildman–Crippen MR) is 134 cm³/mol. The average molecular weight is 473 g/mol. The Morgan fingerprint density at radius 1 is 1.11 bits per heavy atom. The van der Waals surface area contributed by atoms with Gasteiger partial charge in [-0.3, -0.25) is 9.78 Å². The number of ether oxygens (including phenoxy) is 1. The summed E-state index contributed by atoms with van der Waals surface area (Å²) in [5, 5.41) is 16.5. The van der Waals surface area contributed by atoms with Crippen molar-refractivity contribution in [1.82, 2.24) is 25.3 Å².